The van der Waals surface area contributed by atoms with Gasteiger partial charge in [0.05, 0.1) is 5.69 Å². The van der Waals surface area contributed by atoms with Gasteiger partial charge in [0.2, 0.25) is 0 Å². The minimum Gasteiger partial charge on any atom is -0.296 e. The zero-order valence-corrected chi connectivity index (χ0v) is 14.5. The van der Waals surface area contributed by atoms with Gasteiger partial charge in [-0.15, -0.1) is 0 Å². The Morgan fingerprint density at radius 1 is 1.33 bits per heavy atom. The molecule has 1 aliphatic carbocycles. The lowest BCUT2D eigenvalue weighted by Gasteiger charge is -2.31. The van der Waals surface area contributed by atoms with Crippen molar-refractivity contribution in [2.24, 2.45) is 0 Å². The first-order valence-corrected chi connectivity index (χ1v) is 8.47. The van der Waals surface area contributed by atoms with Crippen molar-refractivity contribution < 1.29 is 9.18 Å². The second-order valence-electron chi connectivity index (χ2n) is 5.96. The molecule has 5 heteroatoms. The fourth-order valence-corrected chi connectivity index (χ4v) is 3.55. The van der Waals surface area contributed by atoms with Crippen molar-refractivity contribution in [3.8, 4) is 0 Å². The predicted octanol–water partition coefficient (Wildman–Crippen LogP) is 5.56. The van der Waals surface area contributed by atoms with Crippen molar-refractivity contribution in [3.63, 3.8) is 0 Å². The minimum atomic E-state index is -2.01. The number of Topliss-reactive ketones (excluding diaryl/α,β-unsaturated/α-hetero) is 1. The highest BCUT2D eigenvalue weighted by atomic mass is 35.5. The van der Waals surface area contributed by atoms with Crippen molar-refractivity contribution in [3.05, 3.63) is 70.0 Å². The van der Waals surface area contributed by atoms with E-state index < -0.39 is 11.5 Å². The van der Waals surface area contributed by atoms with Crippen LogP contribution >= 0.6 is 23.2 Å². The number of pyridine rings is 1. The minimum absolute atomic E-state index is 0.0681. The highest BCUT2D eigenvalue weighted by molar-refractivity contribution is 6.35. The van der Waals surface area contributed by atoms with Crippen LogP contribution in [0.5, 0.6) is 0 Å². The number of hydrogen-bond donors (Lipinski definition) is 0. The fraction of sp³-hybridized carbons (Fsp3) is 0.263. The molecule has 0 bridgehead atoms. The lowest BCUT2D eigenvalue weighted by atomic mass is 9.77. The third-order valence-electron chi connectivity index (χ3n) is 4.42. The van der Waals surface area contributed by atoms with E-state index in [1.54, 1.807) is 36.5 Å². The normalized spacial score (nSPS) is 19.9. The van der Waals surface area contributed by atoms with Crippen molar-refractivity contribution in [1.82, 2.24) is 4.98 Å². The summed E-state index contributed by atoms with van der Waals surface area (Å²) in [6.07, 6.45) is 2.56. The maximum absolute atomic E-state index is 15.5. The third kappa shape index (κ3) is 3.11. The molecule has 1 heterocycles. The number of carbonyl (C=O) groups excluding carboxylic acids is 1. The van der Waals surface area contributed by atoms with Crippen LogP contribution in [-0.2, 0) is 16.9 Å². The van der Waals surface area contributed by atoms with E-state index in [2.05, 4.69) is 11.6 Å². The Labute approximate surface area is 150 Å². The number of hydrogen-bond acceptors (Lipinski definition) is 2. The van der Waals surface area contributed by atoms with Gasteiger partial charge in [0.1, 0.15) is 0 Å². The molecule has 1 aromatic carbocycles. The van der Waals surface area contributed by atoms with Crippen molar-refractivity contribution in [2.75, 3.05) is 0 Å². The first-order valence-electron chi connectivity index (χ1n) is 7.71. The number of allylic oxidation sites excluding steroid dienone is 1. The van der Waals surface area contributed by atoms with Gasteiger partial charge in [-0.25, -0.2) is 4.39 Å². The molecule has 124 valence electrons. The van der Waals surface area contributed by atoms with Gasteiger partial charge in [-0.3, -0.25) is 9.78 Å². The van der Waals surface area contributed by atoms with Gasteiger partial charge in [0.25, 0.3) is 0 Å². The number of alkyl halides is 1. The number of fused-ring (bicyclic) bond motifs is 1. The monoisotopic (exact) mass is 363 g/mol. The zero-order chi connectivity index (χ0) is 17.3. The van der Waals surface area contributed by atoms with Crippen molar-refractivity contribution in [1.29, 1.82) is 0 Å². The Balaban J connectivity index is 1.82. The van der Waals surface area contributed by atoms with Gasteiger partial charge < -0.3 is 0 Å². The first kappa shape index (κ1) is 17.1. The number of carbonyl (C=O) groups is 1. The molecule has 1 atom stereocenters. The van der Waals surface area contributed by atoms with E-state index >= 15 is 4.39 Å². The van der Waals surface area contributed by atoms with Gasteiger partial charge in [0, 0.05) is 28.2 Å². The van der Waals surface area contributed by atoms with E-state index in [0.29, 0.717) is 34.1 Å². The van der Waals surface area contributed by atoms with Crippen LogP contribution in [0.2, 0.25) is 10.0 Å². The Morgan fingerprint density at radius 2 is 2.12 bits per heavy atom. The van der Waals surface area contributed by atoms with Crippen LogP contribution in [0.25, 0.3) is 5.57 Å². The Bertz CT molecular complexity index is 821. The number of nitrogens with zero attached hydrogens (tertiary/aromatic N) is 1. The van der Waals surface area contributed by atoms with Crippen LogP contribution in [0.4, 0.5) is 4.39 Å². The summed E-state index contributed by atoms with van der Waals surface area (Å²) in [7, 11) is 0. The van der Waals surface area contributed by atoms with Gasteiger partial charge in [-0.2, -0.15) is 0 Å². The molecule has 0 saturated heterocycles. The number of rotatable bonds is 4. The van der Waals surface area contributed by atoms with Gasteiger partial charge in [-0.05, 0) is 48.6 Å². The number of aryl methyl sites for hydroxylation is 1. The number of aromatic nitrogens is 1. The molecule has 0 aliphatic heterocycles. The van der Waals surface area contributed by atoms with Crippen molar-refractivity contribution >= 4 is 34.6 Å². The summed E-state index contributed by atoms with van der Waals surface area (Å²) >= 11 is 12.0. The molecule has 3 rings (SSSR count). The predicted molar refractivity (Wildman–Crippen MR) is 95.1 cm³/mol. The van der Waals surface area contributed by atoms with E-state index in [4.69, 9.17) is 23.2 Å². The first-order chi connectivity index (χ1) is 11.4. The molecule has 0 fully saturated rings. The topological polar surface area (TPSA) is 30.0 Å². The standard InChI is InChI=1S/C19H16Cl2FNO/c1-12-8-9-19(22,15-3-2-10-23-18(12)15)17(24)7-5-13-4-6-14(20)11-16(13)21/h2-4,6,10-11H,1,5,7-9H2/t19-/m1/s1. The van der Waals surface area contributed by atoms with E-state index in [9.17, 15) is 4.79 Å². The Morgan fingerprint density at radius 3 is 2.88 bits per heavy atom. The van der Waals surface area contributed by atoms with Crippen LogP contribution in [0.1, 0.15) is 36.1 Å². The van der Waals surface area contributed by atoms with Crippen LogP contribution < -0.4 is 0 Å². The Hall–Kier alpha value is -1.71. The summed E-state index contributed by atoms with van der Waals surface area (Å²) in [5.41, 5.74) is 0.374. The summed E-state index contributed by atoms with van der Waals surface area (Å²) in [6, 6.07) is 8.37. The molecular weight excluding hydrogens is 348 g/mol. The van der Waals surface area contributed by atoms with Crippen LogP contribution in [0, 0.1) is 0 Å². The van der Waals surface area contributed by atoms with Crippen molar-refractivity contribution in [2.45, 2.75) is 31.4 Å². The maximum Gasteiger partial charge on any atom is 0.196 e. The molecule has 1 aromatic heterocycles. The smallest absolute Gasteiger partial charge is 0.196 e. The second kappa shape index (κ2) is 6.66. The molecular formula is C19H16Cl2FNO. The molecule has 1 aliphatic rings. The molecule has 0 radical (unpaired) electrons. The largest absolute Gasteiger partial charge is 0.296 e. The highest BCUT2D eigenvalue weighted by Crippen LogP contribution is 2.43. The molecule has 0 N–H and O–H groups in total. The zero-order valence-electron chi connectivity index (χ0n) is 13.0. The third-order valence-corrected chi connectivity index (χ3v) is 5.01. The summed E-state index contributed by atoms with van der Waals surface area (Å²) in [6.45, 7) is 3.92. The summed E-state index contributed by atoms with van der Waals surface area (Å²) in [5.74, 6) is -0.449. The number of ketones is 1. The fourth-order valence-electron chi connectivity index (χ4n) is 3.04. The summed E-state index contributed by atoms with van der Waals surface area (Å²) in [5, 5.41) is 1.02. The van der Waals surface area contributed by atoms with Gasteiger partial charge in [0.15, 0.2) is 11.5 Å². The SMILES string of the molecule is C=C1CC[C@](F)(C(=O)CCc2ccc(Cl)cc2Cl)c2cccnc21. The molecule has 0 saturated carbocycles. The van der Waals surface area contributed by atoms with E-state index in [-0.39, 0.29) is 12.8 Å². The molecule has 0 unspecified atom stereocenters. The van der Waals surface area contributed by atoms with Crippen LogP contribution in [0.3, 0.4) is 0 Å². The molecule has 0 amide bonds. The van der Waals surface area contributed by atoms with E-state index in [1.165, 1.54) is 0 Å². The van der Waals surface area contributed by atoms with Crippen LogP contribution in [-0.4, -0.2) is 10.8 Å². The lowest BCUT2D eigenvalue weighted by molar-refractivity contribution is -0.131. The average Bonchev–Trinajstić information content (AvgIpc) is 2.57. The second-order valence-corrected chi connectivity index (χ2v) is 6.81. The lowest BCUT2D eigenvalue weighted by Crippen LogP contribution is -2.35. The van der Waals surface area contributed by atoms with Crippen LogP contribution in [0.15, 0.2) is 43.1 Å². The molecule has 2 aromatic rings. The number of halogens is 3. The van der Waals surface area contributed by atoms with E-state index in [1.807, 2.05) is 0 Å². The van der Waals surface area contributed by atoms with E-state index in [0.717, 1.165) is 11.1 Å². The molecule has 2 nitrogen and oxygen atoms in total. The quantitative estimate of drug-likeness (QED) is 0.711. The van der Waals surface area contributed by atoms with Gasteiger partial charge in [-0.1, -0.05) is 41.9 Å². The molecule has 24 heavy (non-hydrogen) atoms. The summed E-state index contributed by atoms with van der Waals surface area (Å²) < 4.78 is 15.5. The highest BCUT2D eigenvalue weighted by Gasteiger charge is 2.44. The van der Waals surface area contributed by atoms with Gasteiger partial charge >= 0.3 is 0 Å². The average molecular weight is 364 g/mol. The summed E-state index contributed by atoms with van der Waals surface area (Å²) in [4.78, 5) is 16.8. The number of benzene rings is 1. The Kier molecular flexibility index (Phi) is 4.75. The maximum atomic E-state index is 15.5. The molecule has 0 spiro atoms.